The van der Waals surface area contributed by atoms with Crippen molar-refractivity contribution in [2.24, 2.45) is 0 Å². The molecule has 0 fully saturated rings. The van der Waals surface area contributed by atoms with Crippen LogP contribution in [0.1, 0.15) is 37.5 Å². The number of aromatic hydroxyl groups is 1. The van der Waals surface area contributed by atoms with E-state index in [1.807, 2.05) is 39.0 Å². The van der Waals surface area contributed by atoms with Gasteiger partial charge in [-0.3, -0.25) is 0 Å². The number of allylic oxidation sites excluding steroid dienone is 1. The molecule has 2 rings (SSSR count). The van der Waals surface area contributed by atoms with E-state index in [0.29, 0.717) is 15.6 Å². The zero-order chi connectivity index (χ0) is 20.2. The lowest BCUT2D eigenvalue weighted by atomic mass is 9.85. The molecule has 0 saturated carbocycles. The maximum atomic E-state index is 12.5. The number of nitrogens with one attached hydrogen (secondary N) is 1. The average Bonchev–Trinajstić information content (AvgIpc) is 2.60. The van der Waals surface area contributed by atoms with E-state index in [0.717, 1.165) is 5.56 Å². The highest BCUT2D eigenvalue weighted by molar-refractivity contribution is 9.10. The quantitative estimate of drug-likeness (QED) is 0.661. The molecule has 0 bridgehead atoms. The first-order valence-electron chi connectivity index (χ1n) is 8.23. The van der Waals surface area contributed by atoms with Gasteiger partial charge in [0, 0.05) is 12.1 Å². The van der Waals surface area contributed by atoms with Crippen LogP contribution >= 0.6 is 15.9 Å². The fourth-order valence-electron chi connectivity index (χ4n) is 2.45. The van der Waals surface area contributed by atoms with E-state index in [1.165, 1.54) is 6.08 Å². The highest BCUT2D eigenvalue weighted by Crippen LogP contribution is 2.37. The summed E-state index contributed by atoms with van der Waals surface area (Å²) in [5, 5.41) is 19.6. The molecule has 142 valence electrons. The number of phenols is 1. The van der Waals surface area contributed by atoms with Gasteiger partial charge in [-0.15, -0.1) is 0 Å². The summed E-state index contributed by atoms with van der Waals surface area (Å²) in [6.07, 6.45) is 1.30. The maximum Gasteiger partial charge on any atom is 0.251 e. The number of sulfonamides is 1. The molecule has 0 unspecified atom stereocenters. The summed E-state index contributed by atoms with van der Waals surface area (Å²) in [7, 11) is -3.97. The highest BCUT2D eigenvalue weighted by atomic mass is 79.9. The lowest BCUT2D eigenvalue weighted by Crippen LogP contribution is -2.24. The van der Waals surface area contributed by atoms with Crippen LogP contribution in [0.4, 0.5) is 0 Å². The van der Waals surface area contributed by atoms with Crippen LogP contribution in [0.15, 0.2) is 51.8 Å². The van der Waals surface area contributed by atoms with Crippen molar-refractivity contribution >= 4 is 32.0 Å². The normalized spacial score (nSPS) is 12.6. The summed E-state index contributed by atoms with van der Waals surface area (Å²) in [6, 6.07) is 14.1. The number of halogens is 1. The van der Waals surface area contributed by atoms with Gasteiger partial charge in [0.2, 0.25) is 0 Å². The van der Waals surface area contributed by atoms with Crippen molar-refractivity contribution in [3.05, 3.63) is 68.5 Å². The molecular formula is C20H21BrN2O3S. The van der Waals surface area contributed by atoms with Crippen LogP contribution in [0, 0.1) is 11.3 Å². The van der Waals surface area contributed by atoms with Gasteiger partial charge in [-0.25, -0.2) is 13.1 Å². The van der Waals surface area contributed by atoms with Crippen LogP contribution < -0.4 is 4.72 Å². The molecule has 0 amide bonds. The Balaban J connectivity index is 2.38. The van der Waals surface area contributed by atoms with Crippen LogP contribution in [0.5, 0.6) is 5.75 Å². The summed E-state index contributed by atoms with van der Waals surface area (Å²) in [5.74, 6) is 0.100. The molecule has 0 atom stereocenters. The summed E-state index contributed by atoms with van der Waals surface area (Å²) < 4.78 is 27.9. The van der Waals surface area contributed by atoms with E-state index in [1.54, 1.807) is 30.3 Å². The monoisotopic (exact) mass is 448 g/mol. The Morgan fingerprint density at radius 2 is 1.89 bits per heavy atom. The molecule has 5 nitrogen and oxygen atoms in total. The van der Waals surface area contributed by atoms with Crippen LogP contribution in [0.3, 0.4) is 0 Å². The molecule has 0 saturated heterocycles. The number of rotatable bonds is 5. The first-order valence-corrected chi connectivity index (χ1v) is 10.5. The van der Waals surface area contributed by atoms with E-state index in [2.05, 4.69) is 20.7 Å². The Labute approximate surface area is 168 Å². The molecule has 0 aliphatic carbocycles. The van der Waals surface area contributed by atoms with E-state index in [4.69, 9.17) is 0 Å². The predicted molar refractivity (Wildman–Crippen MR) is 110 cm³/mol. The predicted octanol–water partition coefficient (Wildman–Crippen LogP) is 4.44. The molecule has 7 heteroatoms. The van der Waals surface area contributed by atoms with Gasteiger partial charge in [0.05, 0.1) is 4.47 Å². The smallest absolute Gasteiger partial charge is 0.251 e. The summed E-state index contributed by atoms with van der Waals surface area (Å²) in [6.45, 7) is 5.90. The van der Waals surface area contributed by atoms with Crippen LogP contribution in [-0.4, -0.2) is 13.5 Å². The van der Waals surface area contributed by atoms with Crippen molar-refractivity contribution in [1.29, 1.82) is 5.26 Å². The molecule has 2 aromatic carbocycles. The molecule has 0 spiro atoms. The van der Waals surface area contributed by atoms with Gasteiger partial charge in [0.25, 0.3) is 10.0 Å². The Hall–Kier alpha value is -2.14. The van der Waals surface area contributed by atoms with Crippen LogP contribution in [0.25, 0.3) is 6.08 Å². The molecule has 2 N–H and O–H groups in total. The van der Waals surface area contributed by atoms with Crippen molar-refractivity contribution < 1.29 is 13.5 Å². The molecule has 0 aliphatic rings. The van der Waals surface area contributed by atoms with Gasteiger partial charge < -0.3 is 5.11 Å². The molecular weight excluding hydrogens is 428 g/mol. The molecule has 0 heterocycles. The van der Waals surface area contributed by atoms with Gasteiger partial charge in [0.15, 0.2) is 4.91 Å². The summed E-state index contributed by atoms with van der Waals surface area (Å²) in [5.41, 5.74) is 1.59. The van der Waals surface area contributed by atoms with Gasteiger partial charge >= 0.3 is 0 Å². The van der Waals surface area contributed by atoms with E-state index in [-0.39, 0.29) is 17.7 Å². The van der Waals surface area contributed by atoms with E-state index < -0.39 is 14.9 Å². The first-order chi connectivity index (χ1) is 12.5. The third-order valence-corrected chi connectivity index (χ3v) is 5.82. The molecule has 0 aromatic heterocycles. The Morgan fingerprint density at radius 1 is 1.26 bits per heavy atom. The minimum atomic E-state index is -3.97. The van der Waals surface area contributed by atoms with Crippen molar-refractivity contribution in [3.63, 3.8) is 0 Å². The minimum Gasteiger partial charge on any atom is -0.506 e. The maximum absolute atomic E-state index is 12.5. The van der Waals surface area contributed by atoms with Gasteiger partial charge in [-0.1, -0.05) is 51.1 Å². The standard InChI is InChI=1S/C20H21BrN2O3S/c1-20(2,3)17-10-15(11-18(21)19(17)24)9-16(12-22)27(25,26)23-13-14-7-5-4-6-8-14/h4-11,23-24H,13H2,1-3H3/b16-9-. The summed E-state index contributed by atoms with van der Waals surface area (Å²) >= 11 is 3.29. The minimum absolute atomic E-state index is 0.0920. The average molecular weight is 449 g/mol. The second kappa shape index (κ2) is 8.26. The number of nitriles is 1. The fraction of sp³-hybridized carbons (Fsp3) is 0.250. The lowest BCUT2D eigenvalue weighted by Gasteiger charge is -2.21. The third kappa shape index (κ3) is 5.42. The number of hydrogen-bond acceptors (Lipinski definition) is 4. The molecule has 0 radical (unpaired) electrons. The summed E-state index contributed by atoms with van der Waals surface area (Å²) in [4.78, 5) is -0.393. The highest BCUT2D eigenvalue weighted by Gasteiger charge is 2.22. The number of phenolic OH excluding ortho intramolecular Hbond substituents is 1. The van der Waals surface area contributed by atoms with Gasteiger partial charge in [-0.05, 0) is 50.7 Å². The lowest BCUT2D eigenvalue weighted by molar-refractivity contribution is 0.443. The molecule has 0 aliphatic heterocycles. The van der Waals surface area contributed by atoms with Crippen molar-refractivity contribution in [3.8, 4) is 11.8 Å². The van der Waals surface area contributed by atoms with Crippen molar-refractivity contribution in [2.75, 3.05) is 0 Å². The number of hydrogen-bond donors (Lipinski definition) is 2. The second-order valence-electron chi connectivity index (χ2n) is 7.08. The topological polar surface area (TPSA) is 90.2 Å². The van der Waals surface area contributed by atoms with Gasteiger partial charge in [0.1, 0.15) is 11.8 Å². The van der Waals surface area contributed by atoms with Crippen molar-refractivity contribution in [1.82, 2.24) is 4.72 Å². The van der Waals surface area contributed by atoms with E-state index >= 15 is 0 Å². The Morgan fingerprint density at radius 3 is 2.44 bits per heavy atom. The van der Waals surface area contributed by atoms with Crippen LogP contribution in [0.2, 0.25) is 0 Å². The number of nitrogens with zero attached hydrogens (tertiary/aromatic N) is 1. The zero-order valence-corrected chi connectivity index (χ0v) is 17.7. The largest absolute Gasteiger partial charge is 0.506 e. The second-order valence-corrected chi connectivity index (χ2v) is 9.67. The Kier molecular flexibility index (Phi) is 6.47. The van der Waals surface area contributed by atoms with Crippen molar-refractivity contribution in [2.45, 2.75) is 32.7 Å². The first kappa shape index (κ1) is 21.2. The van der Waals surface area contributed by atoms with Gasteiger partial charge in [-0.2, -0.15) is 5.26 Å². The fourth-order valence-corrected chi connectivity index (χ4v) is 3.85. The SMILES string of the molecule is CC(C)(C)c1cc(/C=C(/C#N)S(=O)(=O)NCc2ccccc2)cc(Br)c1O. The van der Waals surface area contributed by atoms with E-state index in [9.17, 15) is 18.8 Å². The molecule has 27 heavy (non-hydrogen) atoms. The Bertz CT molecular complexity index is 1000. The molecule has 2 aromatic rings. The number of benzene rings is 2. The van der Waals surface area contributed by atoms with Crippen LogP contribution in [-0.2, 0) is 22.0 Å². The zero-order valence-electron chi connectivity index (χ0n) is 15.3. The third-order valence-electron chi connectivity index (χ3n) is 3.90.